The third-order valence-corrected chi connectivity index (χ3v) is 4.74. The number of anilines is 2. The van der Waals surface area contributed by atoms with Gasteiger partial charge < -0.3 is 10.2 Å². The van der Waals surface area contributed by atoms with Crippen LogP contribution in [0.3, 0.4) is 0 Å². The first-order valence-corrected chi connectivity index (χ1v) is 8.39. The van der Waals surface area contributed by atoms with E-state index in [1.165, 1.54) is 23.6 Å². The maximum atomic E-state index is 13.0. The number of carbonyl (C=O) groups excluding carboxylic acids is 2. The molecular weight excluding hydrogens is 379 g/mol. The van der Waals surface area contributed by atoms with Crippen molar-refractivity contribution in [2.45, 2.75) is 12.6 Å². The van der Waals surface area contributed by atoms with Crippen LogP contribution in [0.15, 0.2) is 29.8 Å². The fourth-order valence-corrected chi connectivity index (χ4v) is 3.28. The molecule has 5 nitrogen and oxygen atoms in total. The molecule has 132 valence electrons. The van der Waals surface area contributed by atoms with Gasteiger partial charge in [0.15, 0.2) is 5.13 Å². The number of nitrogens with zero attached hydrogens (tertiary/aromatic N) is 2. The van der Waals surface area contributed by atoms with E-state index in [0.29, 0.717) is 5.13 Å². The average molecular weight is 390 g/mol. The number of halogens is 4. The summed E-state index contributed by atoms with van der Waals surface area (Å²) in [5.41, 5.74) is -0.957. The van der Waals surface area contributed by atoms with Gasteiger partial charge in [0, 0.05) is 30.2 Å². The van der Waals surface area contributed by atoms with E-state index >= 15 is 0 Å². The molecule has 0 radical (unpaired) electrons. The molecule has 1 aromatic heterocycles. The Morgan fingerprint density at radius 3 is 2.80 bits per heavy atom. The van der Waals surface area contributed by atoms with E-state index in [1.54, 1.807) is 5.38 Å². The number of aromatic nitrogens is 1. The monoisotopic (exact) mass is 389 g/mol. The van der Waals surface area contributed by atoms with Crippen LogP contribution in [-0.4, -0.2) is 23.3 Å². The molecule has 1 saturated heterocycles. The van der Waals surface area contributed by atoms with Crippen LogP contribution >= 0.6 is 22.9 Å². The van der Waals surface area contributed by atoms with Crippen molar-refractivity contribution >= 4 is 45.6 Å². The number of nitrogens with one attached hydrogen (secondary N) is 1. The second-order valence-corrected chi connectivity index (χ2v) is 6.70. The number of thiazole rings is 1. The zero-order chi connectivity index (χ0) is 18.2. The number of rotatable bonds is 3. The van der Waals surface area contributed by atoms with Crippen molar-refractivity contribution in [3.8, 4) is 0 Å². The SMILES string of the molecule is O=C(Nc1nccs1)[C@@H]1CC(=O)N(c2ccc(Cl)c(C(F)(F)F)c2)C1. The smallest absolute Gasteiger partial charge is 0.312 e. The fraction of sp³-hybridized carbons (Fsp3) is 0.267. The van der Waals surface area contributed by atoms with Gasteiger partial charge in [0.05, 0.1) is 16.5 Å². The van der Waals surface area contributed by atoms with Crippen LogP contribution in [0.5, 0.6) is 0 Å². The number of carbonyl (C=O) groups is 2. The van der Waals surface area contributed by atoms with Crippen molar-refractivity contribution < 1.29 is 22.8 Å². The van der Waals surface area contributed by atoms with Crippen molar-refractivity contribution in [1.82, 2.24) is 4.98 Å². The Kier molecular flexibility index (Phi) is 4.70. The summed E-state index contributed by atoms with van der Waals surface area (Å²) in [5.74, 6) is -1.48. The Hall–Kier alpha value is -2.13. The zero-order valence-corrected chi connectivity index (χ0v) is 14.1. The molecule has 2 amide bonds. The van der Waals surface area contributed by atoms with E-state index in [9.17, 15) is 22.8 Å². The summed E-state index contributed by atoms with van der Waals surface area (Å²) in [7, 11) is 0. The van der Waals surface area contributed by atoms with Crippen LogP contribution in [-0.2, 0) is 15.8 Å². The summed E-state index contributed by atoms with van der Waals surface area (Å²) in [4.78, 5) is 29.4. The molecule has 10 heteroatoms. The fourth-order valence-electron chi connectivity index (χ4n) is 2.52. The molecule has 0 aliphatic carbocycles. The van der Waals surface area contributed by atoms with E-state index in [0.717, 1.165) is 17.0 Å². The lowest BCUT2D eigenvalue weighted by atomic mass is 10.1. The maximum Gasteiger partial charge on any atom is 0.417 e. The topological polar surface area (TPSA) is 62.3 Å². The highest BCUT2D eigenvalue weighted by Gasteiger charge is 2.38. The van der Waals surface area contributed by atoms with Gasteiger partial charge in [-0.15, -0.1) is 11.3 Å². The van der Waals surface area contributed by atoms with E-state index in [-0.39, 0.29) is 18.7 Å². The first kappa shape index (κ1) is 17.7. The highest BCUT2D eigenvalue weighted by Crippen LogP contribution is 2.38. The summed E-state index contributed by atoms with van der Waals surface area (Å²) in [6.45, 7) is -0.00499. The molecule has 3 rings (SSSR count). The minimum absolute atomic E-state index is 0.00499. The number of alkyl halides is 3. The average Bonchev–Trinajstić information content (AvgIpc) is 3.16. The predicted octanol–water partition coefficient (Wildman–Crippen LogP) is 3.81. The van der Waals surface area contributed by atoms with E-state index in [1.807, 2.05) is 0 Å². The lowest BCUT2D eigenvalue weighted by Crippen LogP contribution is -2.28. The van der Waals surface area contributed by atoms with Crippen LogP contribution in [0.1, 0.15) is 12.0 Å². The van der Waals surface area contributed by atoms with Crippen molar-refractivity contribution in [3.05, 3.63) is 40.4 Å². The minimum atomic E-state index is -4.63. The van der Waals surface area contributed by atoms with Gasteiger partial charge in [-0.05, 0) is 18.2 Å². The van der Waals surface area contributed by atoms with Gasteiger partial charge in [-0.2, -0.15) is 13.2 Å². The Labute approximate surface area is 149 Å². The Balaban J connectivity index is 1.78. The van der Waals surface area contributed by atoms with Gasteiger partial charge >= 0.3 is 6.18 Å². The number of amides is 2. The van der Waals surface area contributed by atoms with Gasteiger partial charge in [0.1, 0.15) is 0 Å². The van der Waals surface area contributed by atoms with Crippen molar-refractivity contribution in [2.24, 2.45) is 5.92 Å². The third kappa shape index (κ3) is 3.77. The lowest BCUT2D eigenvalue weighted by molar-refractivity contribution is -0.137. The standard InChI is InChI=1S/C15H11ClF3N3O2S/c16-11-2-1-9(6-10(11)15(17,18)19)22-7-8(5-12(22)23)13(24)21-14-20-3-4-25-14/h1-4,6,8H,5,7H2,(H,20,21,24)/t8-/m1/s1. The van der Waals surface area contributed by atoms with Gasteiger partial charge in [0.25, 0.3) is 0 Å². The molecule has 1 aliphatic heterocycles. The predicted molar refractivity (Wildman–Crippen MR) is 87.7 cm³/mol. The normalized spacial score (nSPS) is 17.8. The molecule has 1 N–H and O–H groups in total. The summed E-state index contributed by atoms with van der Waals surface area (Å²) >= 11 is 6.82. The maximum absolute atomic E-state index is 13.0. The van der Waals surface area contributed by atoms with E-state index in [4.69, 9.17) is 11.6 Å². The molecule has 0 unspecified atom stereocenters. The van der Waals surface area contributed by atoms with Crippen LogP contribution < -0.4 is 10.2 Å². The number of hydrogen-bond acceptors (Lipinski definition) is 4. The van der Waals surface area contributed by atoms with Gasteiger partial charge in [-0.25, -0.2) is 4.98 Å². The Morgan fingerprint density at radius 1 is 1.40 bits per heavy atom. The second-order valence-electron chi connectivity index (χ2n) is 5.39. The first-order chi connectivity index (χ1) is 11.8. The summed E-state index contributed by atoms with van der Waals surface area (Å²) in [6, 6.07) is 3.24. The van der Waals surface area contributed by atoms with Crippen LogP contribution in [0.2, 0.25) is 5.02 Å². The molecule has 0 saturated carbocycles. The van der Waals surface area contributed by atoms with Crippen molar-refractivity contribution in [3.63, 3.8) is 0 Å². The van der Waals surface area contributed by atoms with Gasteiger partial charge in [0.2, 0.25) is 11.8 Å². The molecule has 0 spiro atoms. The summed E-state index contributed by atoms with van der Waals surface area (Å²) in [5, 5.41) is 4.24. The Morgan fingerprint density at radius 2 is 2.16 bits per heavy atom. The molecule has 1 aromatic carbocycles. The molecule has 1 aliphatic rings. The summed E-state index contributed by atoms with van der Waals surface area (Å²) < 4.78 is 38.9. The molecule has 2 aromatic rings. The molecule has 25 heavy (non-hydrogen) atoms. The molecule has 2 heterocycles. The highest BCUT2D eigenvalue weighted by molar-refractivity contribution is 7.13. The zero-order valence-electron chi connectivity index (χ0n) is 12.5. The highest BCUT2D eigenvalue weighted by atomic mass is 35.5. The quantitative estimate of drug-likeness (QED) is 0.868. The Bertz CT molecular complexity index is 811. The van der Waals surface area contributed by atoms with Crippen LogP contribution in [0, 0.1) is 5.92 Å². The molecule has 1 fully saturated rings. The van der Waals surface area contributed by atoms with Crippen molar-refractivity contribution in [1.29, 1.82) is 0 Å². The van der Waals surface area contributed by atoms with Crippen LogP contribution in [0.25, 0.3) is 0 Å². The number of benzene rings is 1. The molecule has 0 bridgehead atoms. The third-order valence-electron chi connectivity index (χ3n) is 3.73. The van der Waals surface area contributed by atoms with E-state index < -0.39 is 34.5 Å². The van der Waals surface area contributed by atoms with Gasteiger partial charge in [-0.1, -0.05) is 11.6 Å². The first-order valence-electron chi connectivity index (χ1n) is 7.13. The second kappa shape index (κ2) is 6.64. The number of hydrogen-bond donors (Lipinski definition) is 1. The largest absolute Gasteiger partial charge is 0.417 e. The molecule has 1 atom stereocenters. The van der Waals surface area contributed by atoms with E-state index in [2.05, 4.69) is 10.3 Å². The lowest BCUT2D eigenvalue weighted by Gasteiger charge is -2.19. The summed E-state index contributed by atoms with van der Waals surface area (Å²) in [6.07, 6.45) is -3.18. The van der Waals surface area contributed by atoms with Gasteiger partial charge in [-0.3, -0.25) is 9.59 Å². The minimum Gasteiger partial charge on any atom is -0.312 e. The van der Waals surface area contributed by atoms with Crippen molar-refractivity contribution in [2.75, 3.05) is 16.8 Å². The van der Waals surface area contributed by atoms with Crippen LogP contribution in [0.4, 0.5) is 24.0 Å². The molecular formula is C15H11ClF3N3O2S.